The molecule has 0 bridgehead atoms. The van der Waals surface area contributed by atoms with Crippen LogP contribution in [0.3, 0.4) is 0 Å². The second-order valence-corrected chi connectivity index (χ2v) is 9.36. The van der Waals surface area contributed by atoms with Crippen molar-refractivity contribution in [3.05, 3.63) is 35.4 Å². The lowest BCUT2D eigenvalue weighted by Gasteiger charge is -2.27. The molecule has 0 fully saturated rings. The Hall–Kier alpha value is -3.41. The van der Waals surface area contributed by atoms with Gasteiger partial charge in [0.15, 0.2) is 0 Å². The molecule has 1 aromatic rings. The van der Waals surface area contributed by atoms with Crippen LogP contribution in [0.4, 0.5) is 0 Å². The number of hydrogen-bond donors (Lipinski definition) is 4. The summed E-state index contributed by atoms with van der Waals surface area (Å²) in [7, 11) is -3.75. The molecule has 0 saturated heterocycles. The number of carboxylic acid groups (broad SMARTS) is 2. The summed E-state index contributed by atoms with van der Waals surface area (Å²) in [5, 5.41) is 22.6. The highest BCUT2D eigenvalue weighted by Crippen LogP contribution is 2.43. The van der Waals surface area contributed by atoms with E-state index >= 15 is 0 Å². The normalized spacial score (nSPS) is 18.2. The van der Waals surface area contributed by atoms with E-state index in [-0.39, 0.29) is 23.4 Å². The van der Waals surface area contributed by atoms with E-state index in [1.807, 2.05) is 0 Å². The summed E-state index contributed by atoms with van der Waals surface area (Å²) in [5.74, 6) is -4.02. The van der Waals surface area contributed by atoms with Gasteiger partial charge in [0.2, 0.25) is 11.8 Å². The first-order chi connectivity index (χ1) is 15.0. The highest BCUT2D eigenvalue weighted by Gasteiger charge is 2.42. The van der Waals surface area contributed by atoms with Crippen molar-refractivity contribution in [1.82, 2.24) is 14.9 Å². The molecule has 2 atom stereocenters. The largest absolute Gasteiger partial charge is 0.481 e. The maximum Gasteiger partial charge on any atom is 0.326 e. The van der Waals surface area contributed by atoms with Crippen LogP contribution in [0.5, 0.6) is 0 Å². The summed E-state index contributed by atoms with van der Waals surface area (Å²) < 4.78 is 26.8. The molecule has 2 aliphatic rings. The molecule has 11 nitrogen and oxygen atoms in total. The number of carboxylic acids is 2. The van der Waals surface area contributed by atoms with E-state index in [2.05, 4.69) is 10.6 Å². The quantitative estimate of drug-likeness (QED) is 0.420. The zero-order chi connectivity index (χ0) is 23.6. The molecule has 0 radical (unpaired) electrons. The minimum atomic E-state index is -3.75. The van der Waals surface area contributed by atoms with Gasteiger partial charge >= 0.3 is 11.9 Å². The van der Waals surface area contributed by atoms with E-state index < -0.39 is 52.3 Å². The van der Waals surface area contributed by atoms with Crippen LogP contribution in [0, 0.1) is 0 Å². The second kappa shape index (κ2) is 8.99. The molecule has 2 aliphatic heterocycles. The number of amides is 2. The lowest BCUT2D eigenvalue weighted by atomic mass is 9.98. The van der Waals surface area contributed by atoms with Gasteiger partial charge in [-0.05, 0) is 32.3 Å². The van der Waals surface area contributed by atoms with E-state index in [9.17, 15) is 32.7 Å². The van der Waals surface area contributed by atoms with Gasteiger partial charge in [0.25, 0.3) is 10.0 Å². The summed E-state index contributed by atoms with van der Waals surface area (Å²) in [6, 6.07) is 3.82. The Bertz CT molecular complexity index is 1110. The molecule has 1 aromatic carbocycles. The minimum absolute atomic E-state index is 0.121. The third kappa shape index (κ3) is 4.44. The van der Waals surface area contributed by atoms with E-state index in [1.54, 1.807) is 18.2 Å². The topological polar surface area (TPSA) is 170 Å². The predicted octanol–water partition coefficient (Wildman–Crippen LogP) is 0.135. The van der Waals surface area contributed by atoms with E-state index in [1.165, 1.54) is 17.3 Å². The smallest absolute Gasteiger partial charge is 0.326 e. The highest BCUT2D eigenvalue weighted by molar-refractivity contribution is 7.90. The third-order valence-corrected chi connectivity index (χ3v) is 7.17. The van der Waals surface area contributed by atoms with Crippen molar-refractivity contribution in [3.8, 4) is 0 Å². The van der Waals surface area contributed by atoms with Crippen LogP contribution in [0.2, 0.25) is 0 Å². The lowest BCUT2D eigenvalue weighted by molar-refractivity contribution is -0.143. The van der Waals surface area contributed by atoms with Gasteiger partial charge in [-0.25, -0.2) is 13.2 Å². The summed E-state index contributed by atoms with van der Waals surface area (Å²) in [6.45, 7) is 1.59. The van der Waals surface area contributed by atoms with Crippen molar-refractivity contribution < 1.29 is 37.8 Å². The second-order valence-electron chi connectivity index (χ2n) is 7.53. The number of benzene rings is 1. The molecule has 32 heavy (non-hydrogen) atoms. The number of carbonyl (C=O) groups excluding carboxylic acids is 2. The molecule has 12 heteroatoms. The lowest BCUT2D eigenvalue weighted by Crippen LogP contribution is -2.51. The zero-order valence-corrected chi connectivity index (χ0v) is 18.0. The van der Waals surface area contributed by atoms with Crippen molar-refractivity contribution in [3.63, 3.8) is 0 Å². The molecule has 2 amide bonds. The van der Waals surface area contributed by atoms with Gasteiger partial charge in [-0.3, -0.25) is 18.7 Å². The van der Waals surface area contributed by atoms with Crippen molar-refractivity contribution in [1.29, 1.82) is 0 Å². The predicted molar refractivity (Wildman–Crippen MR) is 111 cm³/mol. The molecular formula is C20H23N3O8S. The first-order valence-electron chi connectivity index (χ1n) is 9.95. The fourth-order valence-corrected chi connectivity index (χ4v) is 5.46. The average molecular weight is 465 g/mol. The number of nitrogens with one attached hydrogen (secondary N) is 2. The van der Waals surface area contributed by atoms with E-state index in [0.29, 0.717) is 24.1 Å². The third-order valence-electron chi connectivity index (χ3n) is 5.31. The molecule has 2 heterocycles. The Morgan fingerprint density at radius 1 is 1.12 bits per heavy atom. The van der Waals surface area contributed by atoms with Gasteiger partial charge in [0.05, 0.1) is 10.6 Å². The Morgan fingerprint density at radius 3 is 2.47 bits per heavy atom. The summed E-state index contributed by atoms with van der Waals surface area (Å²) >= 11 is 0. The van der Waals surface area contributed by atoms with Crippen molar-refractivity contribution >= 4 is 39.5 Å². The molecule has 0 spiro atoms. The van der Waals surface area contributed by atoms with Gasteiger partial charge < -0.3 is 20.8 Å². The van der Waals surface area contributed by atoms with E-state index in [0.717, 1.165) is 0 Å². The van der Waals surface area contributed by atoms with Crippen LogP contribution in [-0.2, 0) is 29.2 Å². The molecule has 4 N–H and O–H groups in total. The number of rotatable bonds is 8. The Labute approximate surface area is 184 Å². The molecule has 0 aromatic heterocycles. The maximum atomic E-state index is 12.9. The fraction of sp³-hybridized carbons (Fsp3) is 0.400. The Balaban J connectivity index is 1.78. The first-order valence-corrected chi connectivity index (χ1v) is 11.4. The zero-order valence-electron chi connectivity index (χ0n) is 17.2. The SMILES string of the molecule is C[C@H](NC(=O)C1=C2c3ccccc3S(=O)(=O)N2CCC1)C(=O)N[C@H](CCC(=O)O)C(=O)O. The summed E-state index contributed by atoms with van der Waals surface area (Å²) in [4.78, 5) is 47.4. The van der Waals surface area contributed by atoms with Crippen LogP contribution >= 0.6 is 0 Å². The molecule has 172 valence electrons. The Morgan fingerprint density at radius 2 is 1.81 bits per heavy atom. The van der Waals surface area contributed by atoms with Gasteiger partial charge in [-0.15, -0.1) is 0 Å². The number of hydrogen-bond acceptors (Lipinski definition) is 6. The van der Waals surface area contributed by atoms with Crippen molar-refractivity contribution in [2.75, 3.05) is 6.54 Å². The number of fused-ring (bicyclic) bond motifs is 3. The van der Waals surface area contributed by atoms with Crippen molar-refractivity contribution in [2.24, 2.45) is 0 Å². The number of carbonyl (C=O) groups is 4. The van der Waals surface area contributed by atoms with Crippen LogP contribution < -0.4 is 10.6 Å². The molecule has 0 saturated carbocycles. The maximum absolute atomic E-state index is 12.9. The van der Waals surface area contributed by atoms with Gasteiger partial charge in [-0.2, -0.15) is 0 Å². The summed E-state index contributed by atoms with van der Waals surface area (Å²) in [5.41, 5.74) is 0.945. The van der Waals surface area contributed by atoms with E-state index in [4.69, 9.17) is 5.11 Å². The molecule has 0 aliphatic carbocycles. The van der Waals surface area contributed by atoms with Gasteiger partial charge in [0, 0.05) is 24.1 Å². The molecular weight excluding hydrogens is 442 g/mol. The number of aliphatic carboxylic acids is 2. The fourth-order valence-electron chi connectivity index (χ4n) is 3.72. The standard InChI is InChI=1S/C20H23N3O8S/c1-11(18(26)22-14(20(28)29)8-9-16(24)25)21-19(27)13-6-4-10-23-17(13)12-5-2-3-7-15(12)32(23,30)31/h2-3,5,7,11,14H,4,6,8-10H2,1H3,(H,21,27)(H,22,26)(H,24,25)(H,28,29)/t11-,14+/m0/s1. The average Bonchev–Trinajstić information content (AvgIpc) is 2.98. The monoisotopic (exact) mass is 465 g/mol. The first kappa shape index (κ1) is 23.3. The molecule has 0 unspecified atom stereocenters. The van der Waals surface area contributed by atoms with Crippen LogP contribution in [0.25, 0.3) is 5.70 Å². The van der Waals surface area contributed by atoms with Crippen molar-refractivity contribution in [2.45, 2.75) is 49.6 Å². The summed E-state index contributed by atoms with van der Waals surface area (Å²) in [6.07, 6.45) is -0.0174. The molecule has 3 rings (SSSR count). The van der Waals surface area contributed by atoms with Gasteiger partial charge in [-0.1, -0.05) is 18.2 Å². The van der Waals surface area contributed by atoms with Gasteiger partial charge in [0.1, 0.15) is 12.1 Å². The minimum Gasteiger partial charge on any atom is -0.481 e. The van der Waals surface area contributed by atoms with Crippen LogP contribution in [0.1, 0.15) is 38.2 Å². The number of nitrogens with zero attached hydrogens (tertiary/aromatic N) is 1. The van der Waals surface area contributed by atoms with Crippen LogP contribution in [0.15, 0.2) is 34.7 Å². The Kier molecular flexibility index (Phi) is 6.53. The number of sulfonamides is 1. The van der Waals surface area contributed by atoms with Crippen LogP contribution in [-0.4, -0.2) is 65.3 Å². The highest BCUT2D eigenvalue weighted by atomic mass is 32.2.